The Bertz CT molecular complexity index is 398. The third-order valence-corrected chi connectivity index (χ3v) is 5.78. The number of aliphatic hydroxyl groups excluding tert-OH is 1. The first-order chi connectivity index (χ1) is 9.36. The number of fused-ring (bicyclic) bond motifs is 1. The SMILES string of the molecule is OCC1CCCCC1NCC1Cc2ccccc2S1. The summed E-state index contributed by atoms with van der Waals surface area (Å²) in [4.78, 5) is 1.46. The van der Waals surface area contributed by atoms with E-state index in [9.17, 15) is 5.11 Å². The Balaban J connectivity index is 1.51. The van der Waals surface area contributed by atoms with Gasteiger partial charge < -0.3 is 10.4 Å². The van der Waals surface area contributed by atoms with Crippen LogP contribution in [0.4, 0.5) is 0 Å². The van der Waals surface area contributed by atoms with Crippen molar-refractivity contribution in [3.05, 3.63) is 29.8 Å². The molecule has 104 valence electrons. The third-order valence-electron chi connectivity index (χ3n) is 4.47. The van der Waals surface area contributed by atoms with Crippen LogP contribution in [0.2, 0.25) is 0 Å². The summed E-state index contributed by atoms with van der Waals surface area (Å²) >= 11 is 2.01. The van der Waals surface area contributed by atoms with E-state index in [2.05, 4.69) is 29.6 Å². The minimum absolute atomic E-state index is 0.343. The zero-order chi connectivity index (χ0) is 13.1. The van der Waals surface area contributed by atoms with E-state index < -0.39 is 0 Å². The number of hydrogen-bond acceptors (Lipinski definition) is 3. The van der Waals surface area contributed by atoms with Gasteiger partial charge in [0.15, 0.2) is 0 Å². The van der Waals surface area contributed by atoms with E-state index in [-0.39, 0.29) is 0 Å². The molecule has 0 aromatic heterocycles. The molecule has 1 aromatic rings. The minimum atomic E-state index is 0.343. The monoisotopic (exact) mass is 277 g/mol. The number of thioether (sulfide) groups is 1. The molecule has 1 heterocycles. The molecule has 1 aliphatic heterocycles. The molecule has 3 heteroatoms. The number of nitrogens with one attached hydrogen (secondary N) is 1. The average molecular weight is 277 g/mol. The predicted octanol–water partition coefficient (Wildman–Crippen LogP) is 2.84. The molecule has 0 bridgehead atoms. The highest BCUT2D eigenvalue weighted by molar-refractivity contribution is 8.00. The van der Waals surface area contributed by atoms with Crippen molar-refractivity contribution >= 4 is 11.8 Å². The van der Waals surface area contributed by atoms with E-state index in [0.717, 1.165) is 6.54 Å². The van der Waals surface area contributed by atoms with Gasteiger partial charge in [0.05, 0.1) is 0 Å². The smallest absolute Gasteiger partial charge is 0.0474 e. The highest BCUT2D eigenvalue weighted by Crippen LogP contribution is 2.36. The van der Waals surface area contributed by atoms with Crippen LogP contribution in [0.1, 0.15) is 31.2 Å². The van der Waals surface area contributed by atoms with E-state index in [4.69, 9.17) is 0 Å². The van der Waals surface area contributed by atoms with Crippen molar-refractivity contribution < 1.29 is 5.11 Å². The second kappa shape index (κ2) is 6.29. The van der Waals surface area contributed by atoms with E-state index in [0.29, 0.717) is 23.8 Å². The van der Waals surface area contributed by atoms with Crippen LogP contribution in [0.15, 0.2) is 29.2 Å². The Kier molecular flexibility index (Phi) is 4.46. The number of aliphatic hydroxyl groups is 1. The second-order valence-corrected chi connectivity index (χ2v) is 7.14. The first-order valence-electron chi connectivity index (χ1n) is 7.45. The van der Waals surface area contributed by atoms with Crippen LogP contribution in [-0.4, -0.2) is 29.5 Å². The lowest BCUT2D eigenvalue weighted by Gasteiger charge is -2.31. The molecule has 1 saturated carbocycles. The van der Waals surface area contributed by atoms with Crippen LogP contribution in [0, 0.1) is 5.92 Å². The van der Waals surface area contributed by atoms with Crippen LogP contribution in [0.25, 0.3) is 0 Å². The van der Waals surface area contributed by atoms with Gasteiger partial charge in [0.2, 0.25) is 0 Å². The largest absolute Gasteiger partial charge is 0.396 e. The predicted molar refractivity (Wildman–Crippen MR) is 80.6 cm³/mol. The standard InChI is InChI=1S/C16H23NOS/c18-11-13-6-1-3-7-15(13)17-10-14-9-12-5-2-4-8-16(12)19-14/h2,4-5,8,13-15,17-18H,1,3,6-7,9-11H2. The molecule has 2 nitrogen and oxygen atoms in total. The van der Waals surface area contributed by atoms with Gasteiger partial charge in [0, 0.05) is 29.3 Å². The Hall–Kier alpha value is -0.510. The molecule has 1 aromatic carbocycles. The van der Waals surface area contributed by atoms with Crippen molar-refractivity contribution in [2.24, 2.45) is 5.92 Å². The van der Waals surface area contributed by atoms with E-state index in [1.54, 1.807) is 0 Å². The minimum Gasteiger partial charge on any atom is -0.396 e. The highest BCUT2D eigenvalue weighted by Gasteiger charge is 2.27. The van der Waals surface area contributed by atoms with Crippen LogP contribution in [-0.2, 0) is 6.42 Å². The van der Waals surface area contributed by atoms with Crippen molar-refractivity contribution in [2.75, 3.05) is 13.2 Å². The normalized spacial score (nSPS) is 30.3. The fraction of sp³-hybridized carbons (Fsp3) is 0.625. The maximum absolute atomic E-state index is 9.45. The Labute approximate surface area is 120 Å². The van der Waals surface area contributed by atoms with Crippen molar-refractivity contribution in [3.8, 4) is 0 Å². The molecule has 1 aliphatic carbocycles. The van der Waals surface area contributed by atoms with Crippen molar-refractivity contribution in [2.45, 2.75) is 48.3 Å². The summed E-state index contributed by atoms with van der Waals surface area (Å²) in [5.74, 6) is 0.475. The van der Waals surface area contributed by atoms with Crippen LogP contribution in [0.5, 0.6) is 0 Å². The van der Waals surface area contributed by atoms with Gasteiger partial charge in [-0.3, -0.25) is 0 Å². The molecule has 2 aliphatic rings. The van der Waals surface area contributed by atoms with Crippen LogP contribution < -0.4 is 5.32 Å². The van der Waals surface area contributed by atoms with Crippen molar-refractivity contribution in [1.29, 1.82) is 0 Å². The van der Waals surface area contributed by atoms with Crippen LogP contribution >= 0.6 is 11.8 Å². The quantitative estimate of drug-likeness (QED) is 0.887. The molecule has 3 unspecified atom stereocenters. The van der Waals surface area contributed by atoms with Gasteiger partial charge in [-0.25, -0.2) is 0 Å². The lowest BCUT2D eigenvalue weighted by atomic mass is 9.85. The maximum Gasteiger partial charge on any atom is 0.0474 e. The zero-order valence-electron chi connectivity index (χ0n) is 11.3. The van der Waals surface area contributed by atoms with Crippen molar-refractivity contribution in [1.82, 2.24) is 5.32 Å². The Morgan fingerprint density at radius 1 is 1.21 bits per heavy atom. The molecule has 0 spiro atoms. The summed E-state index contributed by atoms with van der Waals surface area (Å²) in [6, 6.07) is 9.28. The topological polar surface area (TPSA) is 32.3 Å². The van der Waals surface area contributed by atoms with E-state index in [1.807, 2.05) is 11.8 Å². The summed E-state index contributed by atoms with van der Waals surface area (Å²) in [5.41, 5.74) is 1.50. The van der Waals surface area contributed by atoms with Gasteiger partial charge in [0.25, 0.3) is 0 Å². The van der Waals surface area contributed by atoms with E-state index in [1.165, 1.54) is 42.6 Å². The molecular formula is C16H23NOS. The molecule has 0 amide bonds. The molecule has 3 rings (SSSR count). The van der Waals surface area contributed by atoms with Crippen LogP contribution in [0.3, 0.4) is 0 Å². The lowest BCUT2D eigenvalue weighted by Crippen LogP contribution is -2.42. The van der Waals surface area contributed by atoms with Crippen molar-refractivity contribution in [3.63, 3.8) is 0 Å². The molecule has 3 atom stereocenters. The third kappa shape index (κ3) is 3.15. The lowest BCUT2D eigenvalue weighted by molar-refractivity contribution is 0.153. The fourth-order valence-corrected chi connectivity index (χ4v) is 4.61. The van der Waals surface area contributed by atoms with Gasteiger partial charge >= 0.3 is 0 Å². The van der Waals surface area contributed by atoms with Gasteiger partial charge in [-0.1, -0.05) is 31.0 Å². The number of rotatable bonds is 4. The summed E-state index contributed by atoms with van der Waals surface area (Å²) in [6.45, 7) is 1.41. The van der Waals surface area contributed by atoms with Gasteiger partial charge in [-0.2, -0.15) is 0 Å². The van der Waals surface area contributed by atoms with Gasteiger partial charge in [-0.05, 0) is 36.8 Å². The maximum atomic E-state index is 9.45. The average Bonchev–Trinajstić information content (AvgIpc) is 2.88. The highest BCUT2D eigenvalue weighted by atomic mass is 32.2. The van der Waals surface area contributed by atoms with E-state index >= 15 is 0 Å². The first kappa shape index (κ1) is 13.5. The Morgan fingerprint density at radius 2 is 2.05 bits per heavy atom. The van der Waals surface area contributed by atoms with Gasteiger partial charge in [0.1, 0.15) is 0 Å². The molecule has 19 heavy (non-hydrogen) atoms. The summed E-state index contributed by atoms with van der Waals surface area (Å²) in [7, 11) is 0. The molecule has 0 saturated heterocycles. The number of benzene rings is 1. The molecule has 1 fully saturated rings. The number of hydrogen-bond donors (Lipinski definition) is 2. The molecule has 0 radical (unpaired) electrons. The molecular weight excluding hydrogens is 254 g/mol. The fourth-order valence-electron chi connectivity index (χ4n) is 3.35. The van der Waals surface area contributed by atoms with Gasteiger partial charge in [-0.15, -0.1) is 11.8 Å². The Morgan fingerprint density at radius 3 is 2.89 bits per heavy atom. The zero-order valence-corrected chi connectivity index (χ0v) is 12.2. The summed E-state index contributed by atoms with van der Waals surface area (Å²) < 4.78 is 0. The second-order valence-electron chi connectivity index (χ2n) is 5.79. The summed E-state index contributed by atoms with van der Waals surface area (Å²) in [5, 5.41) is 13.8. The molecule has 2 N–H and O–H groups in total. The summed E-state index contributed by atoms with van der Waals surface area (Å²) in [6.07, 6.45) is 6.20. The first-order valence-corrected chi connectivity index (χ1v) is 8.33.